The van der Waals surface area contributed by atoms with Crippen molar-refractivity contribution >= 4 is 43.9 Å². The van der Waals surface area contributed by atoms with Gasteiger partial charge >= 0.3 is 0 Å². The van der Waals surface area contributed by atoms with Crippen LogP contribution in [-0.2, 0) is 31.9 Å². The van der Waals surface area contributed by atoms with E-state index in [1.54, 1.807) is 6.20 Å². The van der Waals surface area contributed by atoms with E-state index in [-0.39, 0.29) is 25.5 Å². The monoisotopic (exact) mass is 870 g/mol. The molecule has 1 radical (unpaired) electrons. The van der Waals surface area contributed by atoms with Crippen LogP contribution in [0.15, 0.2) is 136 Å². The number of aryl methyl sites for hydroxylation is 1. The number of hydrogen-bond donors (Lipinski definition) is 0. The molecule has 5 nitrogen and oxygen atoms in total. The van der Waals surface area contributed by atoms with E-state index in [1.807, 2.05) is 72.9 Å². The van der Waals surface area contributed by atoms with Crippen molar-refractivity contribution in [1.82, 2.24) is 15.0 Å². The fourth-order valence-electron chi connectivity index (χ4n) is 7.05. The predicted molar refractivity (Wildman–Crippen MR) is 211 cm³/mol. The van der Waals surface area contributed by atoms with Gasteiger partial charge in [-0.15, -0.1) is 18.2 Å². The number of furan rings is 2. The van der Waals surface area contributed by atoms with Gasteiger partial charge in [0.2, 0.25) is 0 Å². The quantitative estimate of drug-likeness (QED) is 0.156. The third-order valence-corrected chi connectivity index (χ3v) is 9.79. The zero-order valence-electron chi connectivity index (χ0n) is 30.4. The maximum Gasteiger partial charge on any atom is 0.121 e. The zero-order valence-corrected chi connectivity index (χ0v) is 32.8. The van der Waals surface area contributed by atoms with Gasteiger partial charge in [0.1, 0.15) is 11.2 Å². The van der Waals surface area contributed by atoms with E-state index in [2.05, 4.69) is 100 Å². The van der Waals surface area contributed by atoms with Crippen molar-refractivity contribution in [2.45, 2.75) is 46.5 Å². The summed E-state index contributed by atoms with van der Waals surface area (Å²) in [5.41, 5.74) is 11.2. The molecule has 0 fully saturated rings. The molecule has 53 heavy (non-hydrogen) atoms. The van der Waals surface area contributed by atoms with Gasteiger partial charge in [-0.25, -0.2) is 0 Å². The van der Waals surface area contributed by atoms with Crippen LogP contribution >= 0.6 is 0 Å². The number of nitrogens with zero attached hydrogens (tertiary/aromatic N) is 3. The van der Waals surface area contributed by atoms with Gasteiger partial charge in [0.05, 0.1) is 11.2 Å². The number of aromatic nitrogens is 3. The molecule has 0 unspecified atom stereocenters. The van der Waals surface area contributed by atoms with Gasteiger partial charge in [-0.2, -0.15) is 0 Å². The van der Waals surface area contributed by atoms with Crippen molar-refractivity contribution in [3.05, 3.63) is 162 Å². The Morgan fingerprint density at radius 2 is 1.38 bits per heavy atom. The Morgan fingerprint density at radius 3 is 2.11 bits per heavy atom. The molecular formula is C47H39IrN3O2-2. The first-order valence-corrected chi connectivity index (χ1v) is 17.8. The number of hydrogen-bond acceptors (Lipinski definition) is 5. The minimum absolute atomic E-state index is 0. The second-order valence-electron chi connectivity index (χ2n) is 14.2. The fraction of sp³-hybridized carbons (Fsp3) is 0.170. The molecule has 5 heterocycles. The number of pyridine rings is 3. The van der Waals surface area contributed by atoms with E-state index in [9.17, 15) is 0 Å². The molecule has 0 N–H and O–H groups in total. The van der Waals surface area contributed by atoms with Gasteiger partial charge in [0, 0.05) is 43.3 Å². The maximum atomic E-state index is 6.45. The minimum Gasteiger partial charge on any atom is -0.501 e. The second kappa shape index (κ2) is 14.9. The summed E-state index contributed by atoms with van der Waals surface area (Å²) in [6, 6.07) is 42.0. The van der Waals surface area contributed by atoms with Crippen LogP contribution in [0, 0.1) is 25.1 Å². The normalized spacial score (nSPS) is 11.6. The summed E-state index contributed by atoms with van der Waals surface area (Å²) in [4.78, 5) is 14.1. The van der Waals surface area contributed by atoms with Gasteiger partial charge in [-0.05, 0) is 82.7 Å². The van der Waals surface area contributed by atoms with E-state index in [0.717, 1.165) is 78.5 Å². The van der Waals surface area contributed by atoms with Gasteiger partial charge in [0.15, 0.2) is 0 Å². The van der Waals surface area contributed by atoms with Crippen LogP contribution in [0.25, 0.3) is 66.4 Å². The third-order valence-electron chi connectivity index (χ3n) is 9.79. The molecule has 0 aliphatic heterocycles. The Kier molecular flexibility index (Phi) is 10.1. The molecule has 0 aliphatic carbocycles. The molecule has 0 atom stereocenters. The molecule has 6 heteroatoms. The fourth-order valence-corrected chi connectivity index (χ4v) is 7.05. The van der Waals surface area contributed by atoms with Crippen LogP contribution in [0.4, 0.5) is 0 Å². The summed E-state index contributed by atoms with van der Waals surface area (Å²) >= 11 is 0. The minimum atomic E-state index is -0.315. The van der Waals surface area contributed by atoms with E-state index in [4.69, 9.17) is 18.8 Å². The first-order chi connectivity index (χ1) is 25.3. The molecule has 265 valence electrons. The number of benzene rings is 4. The maximum absolute atomic E-state index is 6.45. The Balaban J connectivity index is 0.000000184. The van der Waals surface area contributed by atoms with Gasteiger partial charge in [-0.3, -0.25) is 0 Å². The molecule has 0 aliphatic rings. The van der Waals surface area contributed by atoms with Crippen molar-refractivity contribution in [2.24, 2.45) is 5.92 Å². The molecule has 0 saturated carbocycles. The number of fused-ring (bicyclic) bond motifs is 6. The Labute approximate surface area is 323 Å². The van der Waals surface area contributed by atoms with E-state index in [1.165, 1.54) is 16.7 Å². The molecule has 0 saturated heterocycles. The second-order valence-corrected chi connectivity index (χ2v) is 14.2. The molecular weight excluding hydrogens is 831 g/mol. The van der Waals surface area contributed by atoms with Crippen molar-refractivity contribution in [1.29, 1.82) is 0 Å². The first kappa shape index (κ1) is 36.0. The van der Waals surface area contributed by atoms with Crippen LogP contribution in [0.5, 0.6) is 0 Å². The van der Waals surface area contributed by atoms with Crippen LogP contribution in [0.3, 0.4) is 0 Å². The number of para-hydroxylation sites is 2. The van der Waals surface area contributed by atoms with Gasteiger partial charge < -0.3 is 23.8 Å². The van der Waals surface area contributed by atoms with Crippen LogP contribution in [-0.4, -0.2) is 15.0 Å². The van der Waals surface area contributed by atoms with Crippen LogP contribution < -0.4 is 0 Å². The molecule has 4 aromatic carbocycles. The predicted octanol–water partition coefficient (Wildman–Crippen LogP) is 12.1. The first-order valence-electron chi connectivity index (χ1n) is 17.8. The Morgan fingerprint density at radius 1 is 0.698 bits per heavy atom. The SMILES string of the molecule is Cc1cnc(-c2[c-]nc(C(C)(C)c3ccccc3)c3c2oc2ccccc23)cc1CC(C)C.[Ir].[c-]1ccc2c(oc3ccccc32)c1-c1ccccn1. The molecule has 9 rings (SSSR count). The summed E-state index contributed by atoms with van der Waals surface area (Å²) in [7, 11) is 0. The van der Waals surface area contributed by atoms with Crippen molar-refractivity contribution in [3.63, 3.8) is 0 Å². The summed E-state index contributed by atoms with van der Waals surface area (Å²) < 4.78 is 12.4. The Bertz CT molecular complexity index is 2680. The van der Waals surface area contributed by atoms with Gasteiger partial charge in [-0.1, -0.05) is 135 Å². The molecule has 9 aromatic rings. The molecule has 0 spiro atoms. The standard InChI is InChI=1S/C30H29N2O.C17H10NO.Ir/c1-19(2)15-21-16-25(31-17-20(21)3)24-18-32-29(30(4,5)22-11-7-6-8-12-22)27-23-13-9-10-14-26(23)33-28(24)27;1-2-10-16-12(6-1)13-7-5-8-14(17(13)19-16)15-9-3-4-11-18-15;/h6-14,16-17,19H,15H2,1-5H3;1-7,9-11H;/q2*-1;. The van der Waals surface area contributed by atoms with E-state index in [0.29, 0.717) is 5.92 Å². The van der Waals surface area contributed by atoms with E-state index >= 15 is 0 Å². The number of rotatable bonds is 6. The summed E-state index contributed by atoms with van der Waals surface area (Å²) in [5, 5.41) is 4.35. The zero-order chi connectivity index (χ0) is 35.8. The topological polar surface area (TPSA) is 65.0 Å². The Hall–Kier alpha value is -5.42. The van der Waals surface area contributed by atoms with Crippen molar-refractivity contribution in [3.8, 4) is 22.5 Å². The van der Waals surface area contributed by atoms with Gasteiger partial charge in [0.25, 0.3) is 0 Å². The molecule has 0 bridgehead atoms. The summed E-state index contributed by atoms with van der Waals surface area (Å²) in [5.74, 6) is 0.571. The largest absolute Gasteiger partial charge is 0.501 e. The van der Waals surface area contributed by atoms with Crippen molar-refractivity contribution in [2.75, 3.05) is 0 Å². The average Bonchev–Trinajstić information content (AvgIpc) is 3.75. The van der Waals surface area contributed by atoms with Crippen LogP contribution in [0.2, 0.25) is 0 Å². The van der Waals surface area contributed by atoms with E-state index < -0.39 is 0 Å². The molecule has 5 aromatic heterocycles. The summed E-state index contributed by atoms with van der Waals surface area (Å²) in [6.45, 7) is 11.0. The van der Waals surface area contributed by atoms with Crippen LogP contribution in [0.1, 0.15) is 50.1 Å². The molecule has 0 amide bonds. The smallest absolute Gasteiger partial charge is 0.121 e. The third kappa shape index (κ3) is 6.81. The van der Waals surface area contributed by atoms with Crippen molar-refractivity contribution < 1.29 is 28.9 Å². The summed E-state index contributed by atoms with van der Waals surface area (Å²) in [6.07, 6.45) is 8.08. The average molecular weight is 870 g/mol.